The fourth-order valence-electron chi connectivity index (χ4n) is 3.18. The highest BCUT2D eigenvalue weighted by atomic mass is 35.5. The minimum Gasteiger partial charge on any atom is -0.282 e. The lowest BCUT2D eigenvalue weighted by molar-refractivity contribution is 0.633. The highest BCUT2D eigenvalue weighted by Gasteiger charge is 2.23. The van der Waals surface area contributed by atoms with Crippen LogP contribution < -0.4 is 0 Å². The zero-order valence-corrected chi connectivity index (χ0v) is 12.8. The van der Waals surface area contributed by atoms with Crippen molar-refractivity contribution in [2.45, 2.75) is 32.1 Å². The van der Waals surface area contributed by atoms with E-state index in [9.17, 15) is 4.39 Å². The van der Waals surface area contributed by atoms with Gasteiger partial charge in [-0.1, -0.05) is 13.0 Å². The second kappa shape index (κ2) is 5.02. The molecule has 3 heterocycles. The molecule has 22 heavy (non-hydrogen) atoms. The normalized spacial score (nSPS) is 17.1. The first-order valence-electron chi connectivity index (χ1n) is 7.36. The first kappa shape index (κ1) is 13.6. The van der Waals surface area contributed by atoms with E-state index in [1.807, 2.05) is 6.07 Å². The Balaban J connectivity index is 1.91. The van der Waals surface area contributed by atoms with Crippen LogP contribution in [0.1, 0.15) is 36.9 Å². The van der Waals surface area contributed by atoms with Crippen molar-refractivity contribution in [1.82, 2.24) is 19.5 Å². The third kappa shape index (κ3) is 2.00. The molecule has 0 fully saturated rings. The Kier molecular flexibility index (Phi) is 3.11. The monoisotopic (exact) mass is 316 g/mol. The molecule has 0 spiro atoms. The van der Waals surface area contributed by atoms with Crippen molar-refractivity contribution in [2.75, 3.05) is 0 Å². The number of hydrogen-bond acceptors (Lipinski definition) is 3. The van der Waals surface area contributed by atoms with E-state index in [0.717, 1.165) is 25.0 Å². The van der Waals surface area contributed by atoms with Gasteiger partial charge in [0.1, 0.15) is 5.82 Å². The molecule has 0 N–H and O–H groups in total. The molecule has 3 aromatic heterocycles. The molecule has 6 heteroatoms. The molecule has 112 valence electrons. The fraction of sp³-hybridized carbons (Fsp3) is 0.312. The van der Waals surface area contributed by atoms with Gasteiger partial charge >= 0.3 is 0 Å². The third-order valence-corrected chi connectivity index (χ3v) is 4.54. The number of fused-ring (bicyclic) bond motifs is 2. The van der Waals surface area contributed by atoms with E-state index in [-0.39, 0.29) is 11.1 Å². The molecule has 0 saturated carbocycles. The lowest BCUT2D eigenvalue weighted by atomic mass is 10.0. The minimum atomic E-state index is -0.374. The van der Waals surface area contributed by atoms with Crippen molar-refractivity contribution in [1.29, 1.82) is 0 Å². The van der Waals surface area contributed by atoms with Gasteiger partial charge in [0.2, 0.25) is 5.28 Å². The quantitative estimate of drug-likeness (QED) is 0.670. The van der Waals surface area contributed by atoms with Crippen LogP contribution in [0.25, 0.3) is 16.9 Å². The molecule has 1 atom stereocenters. The van der Waals surface area contributed by atoms with Crippen molar-refractivity contribution in [3.05, 3.63) is 46.9 Å². The topological polar surface area (TPSA) is 43.6 Å². The van der Waals surface area contributed by atoms with Crippen LogP contribution in [0.15, 0.2) is 24.5 Å². The van der Waals surface area contributed by atoms with Crippen molar-refractivity contribution in [3.8, 4) is 5.82 Å². The first-order chi connectivity index (χ1) is 10.7. The maximum atomic E-state index is 14.1. The van der Waals surface area contributed by atoms with Crippen molar-refractivity contribution in [3.63, 3.8) is 0 Å². The average Bonchev–Trinajstić information content (AvgIpc) is 3.07. The van der Waals surface area contributed by atoms with Gasteiger partial charge in [-0.05, 0) is 42.5 Å². The molecule has 0 amide bonds. The lowest BCUT2D eigenvalue weighted by Gasteiger charge is -2.10. The third-order valence-electron chi connectivity index (χ3n) is 4.35. The highest BCUT2D eigenvalue weighted by molar-refractivity contribution is 6.28. The van der Waals surface area contributed by atoms with Crippen LogP contribution in [0.2, 0.25) is 5.28 Å². The summed E-state index contributed by atoms with van der Waals surface area (Å²) in [6.45, 7) is 2.17. The predicted molar refractivity (Wildman–Crippen MR) is 83.0 cm³/mol. The predicted octanol–water partition coefficient (Wildman–Crippen LogP) is 4.05. The molecule has 1 aliphatic rings. The number of aryl methyl sites for hydroxylation is 1. The maximum Gasteiger partial charge on any atom is 0.224 e. The summed E-state index contributed by atoms with van der Waals surface area (Å²) >= 11 is 5.85. The Morgan fingerprint density at radius 3 is 3.05 bits per heavy atom. The van der Waals surface area contributed by atoms with Crippen molar-refractivity contribution >= 4 is 22.6 Å². The molecule has 4 nitrogen and oxygen atoms in total. The van der Waals surface area contributed by atoms with Crippen LogP contribution in [-0.4, -0.2) is 19.5 Å². The lowest BCUT2D eigenvalue weighted by Crippen LogP contribution is -2.02. The average molecular weight is 317 g/mol. The van der Waals surface area contributed by atoms with Gasteiger partial charge in [-0.3, -0.25) is 4.57 Å². The summed E-state index contributed by atoms with van der Waals surface area (Å²) in [4.78, 5) is 12.7. The zero-order valence-electron chi connectivity index (χ0n) is 12.1. The second-order valence-corrected chi connectivity index (χ2v) is 5.92. The largest absolute Gasteiger partial charge is 0.282 e. The molecule has 4 rings (SSSR count). The van der Waals surface area contributed by atoms with Crippen LogP contribution in [0, 0.1) is 5.82 Å². The van der Waals surface area contributed by atoms with Gasteiger partial charge in [0.05, 0.1) is 5.39 Å². The van der Waals surface area contributed by atoms with Crippen LogP contribution in [0.3, 0.4) is 0 Å². The van der Waals surface area contributed by atoms with E-state index < -0.39 is 0 Å². The molecule has 0 radical (unpaired) electrons. The zero-order chi connectivity index (χ0) is 15.3. The number of pyridine rings is 1. The number of hydrogen-bond donors (Lipinski definition) is 0. The second-order valence-electron chi connectivity index (χ2n) is 5.58. The summed E-state index contributed by atoms with van der Waals surface area (Å²) in [5.41, 5.74) is 2.86. The van der Waals surface area contributed by atoms with E-state index in [1.165, 1.54) is 18.0 Å². The molecule has 0 bridgehead atoms. The van der Waals surface area contributed by atoms with E-state index in [4.69, 9.17) is 16.6 Å². The molecule has 3 aromatic rings. The summed E-state index contributed by atoms with van der Waals surface area (Å²) < 4.78 is 15.7. The van der Waals surface area contributed by atoms with Gasteiger partial charge in [0, 0.05) is 24.0 Å². The summed E-state index contributed by atoms with van der Waals surface area (Å²) in [6.07, 6.45) is 6.06. The van der Waals surface area contributed by atoms with Crippen LogP contribution in [-0.2, 0) is 6.42 Å². The SMILES string of the molecule is CCC1CCc2ccc(-n3cc(F)c4cnc(Cl)nc43)nc21. The fourth-order valence-corrected chi connectivity index (χ4v) is 3.31. The van der Waals surface area contributed by atoms with Crippen LogP contribution in [0.4, 0.5) is 4.39 Å². The molecular formula is C16H14ClFN4. The maximum absolute atomic E-state index is 14.1. The molecular weight excluding hydrogens is 303 g/mol. The molecule has 1 aliphatic carbocycles. The van der Waals surface area contributed by atoms with E-state index >= 15 is 0 Å². The molecule has 0 aromatic carbocycles. The standard InChI is InChI=1S/C16H14ClFN4/c1-2-9-3-4-10-5-6-13(20-14(9)10)22-8-12(18)11-7-19-16(17)21-15(11)22/h5-9H,2-4H2,1H3. The van der Waals surface area contributed by atoms with Gasteiger partial charge < -0.3 is 0 Å². The molecule has 1 unspecified atom stereocenters. The van der Waals surface area contributed by atoms with E-state index in [0.29, 0.717) is 22.8 Å². The van der Waals surface area contributed by atoms with Gasteiger partial charge in [-0.25, -0.2) is 14.4 Å². The van der Waals surface area contributed by atoms with Crippen molar-refractivity contribution in [2.24, 2.45) is 0 Å². The Labute approximate surface area is 132 Å². The summed E-state index contributed by atoms with van der Waals surface area (Å²) in [5.74, 6) is 0.781. The van der Waals surface area contributed by atoms with Crippen molar-refractivity contribution < 1.29 is 4.39 Å². The van der Waals surface area contributed by atoms with Gasteiger partial charge in [0.15, 0.2) is 11.5 Å². The summed E-state index contributed by atoms with van der Waals surface area (Å²) in [5, 5.41) is 0.443. The van der Waals surface area contributed by atoms with Crippen LogP contribution in [0.5, 0.6) is 0 Å². The van der Waals surface area contributed by atoms with Gasteiger partial charge in [-0.15, -0.1) is 0 Å². The smallest absolute Gasteiger partial charge is 0.224 e. The van der Waals surface area contributed by atoms with Gasteiger partial charge in [0.25, 0.3) is 0 Å². The van der Waals surface area contributed by atoms with E-state index in [2.05, 4.69) is 23.0 Å². The van der Waals surface area contributed by atoms with E-state index in [1.54, 1.807) is 4.57 Å². The van der Waals surface area contributed by atoms with Crippen LogP contribution >= 0.6 is 11.6 Å². The number of halogens is 2. The minimum absolute atomic E-state index is 0.0967. The Morgan fingerprint density at radius 1 is 1.36 bits per heavy atom. The molecule has 0 aliphatic heterocycles. The Hall–Kier alpha value is -2.01. The number of aromatic nitrogens is 4. The summed E-state index contributed by atoms with van der Waals surface area (Å²) in [7, 11) is 0. The highest BCUT2D eigenvalue weighted by Crippen LogP contribution is 2.34. The Bertz CT molecular complexity index is 874. The van der Waals surface area contributed by atoms with Gasteiger partial charge in [-0.2, -0.15) is 4.98 Å². The number of nitrogens with zero attached hydrogens (tertiary/aromatic N) is 4. The first-order valence-corrected chi connectivity index (χ1v) is 7.74. The molecule has 0 saturated heterocycles. The number of rotatable bonds is 2. The summed E-state index contributed by atoms with van der Waals surface area (Å²) in [6, 6.07) is 3.99. The Morgan fingerprint density at radius 2 is 2.23 bits per heavy atom.